The van der Waals surface area contributed by atoms with Gasteiger partial charge in [-0.25, -0.2) is 9.97 Å². The summed E-state index contributed by atoms with van der Waals surface area (Å²) in [7, 11) is 0. The average Bonchev–Trinajstić information content (AvgIpc) is 2.61. The van der Waals surface area contributed by atoms with Gasteiger partial charge in [0.05, 0.1) is 0 Å². The van der Waals surface area contributed by atoms with Gasteiger partial charge in [-0.1, -0.05) is 30.3 Å². The number of amides is 1. The third-order valence-corrected chi connectivity index (χ3v) is 4.76. The Morgan fingerprint density at radius 3 is 2.54 bits per heavy atom. The van der Waals surface area contributed by atoms with Crippen molar-refractivity contribution in [1.29, 1.82) is 0 Å². The first kappa shape index (κ1) is 18.4. The van der Waals surface area contributed by atoms with Crippen LogP contribution in [0.1, 0.15) is 48.4 Å². The summed E-state index contributed by atoms with van der Waals surface area (Å²) < 4.78 is 0. The molecule has 1 N–H and O–H groups in total. The number of piperidine rings is 1. The fourth-order valence-electron chi connectivity index (χ4n) is 3.45. The van der Waals surface area contributed by atoms with Gasteiger partial charge in [0.25, 0.3) is 5.91 Å². The van der Waals surface area contributed by atoms with Crippen LogP contribution in [0.3, 0.4) is 0 Å². The number of carbonyl (C=O) groups is 1. The molecule has 138 valence electrons. The van der Waals surface area contributed by atoms with Gasteiger partial charge in [-0.2, -0.15) is 0 Å². The number of benzene rings is 1. The smallest absolute Gasteiger partial charge is 0.272 e. The van der Waals surface area contributed by atoms with E-state index < -0.39 is 0 Å². The van der Waals surface area contributed by atoms with Crippen LogP contribution < -0.4 is 5.32 Å². The van der Waals surface area contributed by atoms with Gasteiger partial charge in [-0.3, -0.25) is 4.79 Å². The molecule has 0 aliphatic carbocycles. The average molecular weight is 352 g/mol. The highest BCUT2D eigenvalue weighted by molar-refractivity contribution is 5.92. The second-order valence-corrected chi connectivity index (χ2v) is 7.44. The number of aromatic nitrogens is 2. The molecule has 5 heteroatoms. The van der Waals surface area contributed by atoms with Crippen molar-refractivity contribution in [2.24, 2.45) is 5.92 Å². The van der Waals surface area contributed by atoms with E-state index in [-0.39, 0.29) is 11.9 Å². The van der Waals surface area contributed by atoms with Crippen molar-refractivity contribution in [3.8, 4) is 0 Å². The van der Waals surface area contributed by atoms with Crippen molar-refractivity contribution in [1.82, 2.24) is 14.9 Å². The van der Waals surface area contributed by atoms with Crippen molar-refractivity contribution >= 4 is 11.9 Å². The standard InChI is InChI=1S/C21H28N4O/c1-15(2)22-21-23-16(3)13-19(24-21)20(26)25-11-9-18(10-12-25)14-17-7-5-4-6-8-17/h4-8,13,15,18H,9-12,14H2,1-3H3,(H,22,23,24). The second-order valence-electron chi connectivity index (χ2n) is 7.44. The largest absolute Gasteiger partial charge is 0.352 e. The van der Waals surface area contributed by atoms with Crippen LogP contribution in [-0.4, -0.2) is 39.9 Å². The topological polar surface area (TPSA) is 58.1 Å². The molecular weight excluding hydrogens is 324 g/mol. The highest BCUT2D eigenvalue weighted by Gasteiger charge is 2.25. The van der Waals surface area contributed by atoms with Crippen LogP contribution in [0.2, 0.25) is 0 Å². The maximum absolute atomic E-state index is 12.9. The molecule has 1 aromatic carbocycles. The lowest BCUT2D eigenvalue weighted by atomic mass is 9.90. The number of aryl methyl sites for hydroxylation is 1. The Balaban J connectivity index is 1.60. The molecule has 0 saturated carbocycles. The zero-order chi connectivity index (χ0) is 18.5. The molecule has 1 amide bonds. The van der Waals surface area contributed by atoms with Crippen molar-refractivity contribution in [2.45, 2.75) is 46.1 Å². The fourth-order valence-corrected chi connectivity index (χ4v) is 3.45. The predicted molar refractivity (Wildman–Crippen MR) is 104 cm³/mol. The van der Waals surface area contributed by atoms with E-state index in [1.807, 2.05) is 25.7 Å². The Hall–Kier alpha value is -2.43. The Bertz CT molecular complexity index is 737. The van der Waals surface area contributed by atoms with Gasteiger partial charge < -0.3 is 10.2 Å². The molecule has 26 heavy (non-hydrogen) atoms. The molecule has 1 saturated heterocycles. The zero-order valence-electron chi connectivity index (χ0n) is 15.9. The Labute approximate surface area is 155 Å². The van der Waals surface area contributed by atoms with E-state index in [0.29, 0.717) is 17.6 Å². The number of rotatable bonds is 5. The van der Waals surface area contributed by atoms with Gasteiger partial charge in [-0.05, 0) is 57.6 Å². The fraction of sp³-hybridized carbons (Fsp3) is 0.476. The molecule has 0 atom stereocenters. The summed E-state index contributed by atoms with van der Waals surface area (Å²) in [6, 6.07) is 12.6. The molecule has 5 nitrogen and oxygen atoms in total. The van der Waals surface area contributed by atoms with Gasteiger partial charge in [0.1, 0.15) is 5.69 Å². The van der Waals surface area contributed by atoms with Gasteiger partial charge in [0.2, 0.25) is 5.95 Å². The number of hydrogen-bond donors (Lipinski definition) is 1. The molecule has 2 aromatic rings. The van der Waals surface area contributed by atoms with E-state index >= 15 is 0 Å². The lowest BCUT2D eigenvalue weighted by Crippen LogP contribution is -2.39. The summed E-state index contributed by atoms with van der Waals surface area (Å²) in [5.74, 6) is 1.19. The first-order chi connectivity index (χ1) is 12.5. The normalized spacial score (nSPS) is 15.3. The lowest BCUT2D eigenvalue weighted by molar-refractivity contribution is 0.0684. The number of nitrogens with one attached hydrogen (secondary N) is 1. The molecule has 3 rings (SSSR count). The first-order valence-corrected chi connectivity index (χ1v) is 9.46. The molecule has 1 fully saturated rings. The van der Waals surface area contributed by atoms with E-state index in [1.54, 1.807) is 6.07 Å². The molecule has 1 aliphatic heterocycles. The summed E-state index contributed by atoms with van der Waals surface area (Å²) >= 11 is 0. The summed E-state index contributed by atoms with van der Waals surface area (Å²) in [5, 5.41) is 3.19. The third kappa shape index (κ3) is 4.81. The molecule has 0 spiro atoms. The minimum atomic E-state index is 0.0143. The number of carbonyl (C=O) groups excluding carboxylic acids is 1. The third-order valence-electron chi connectivity index (χ3n) is 4.76. The zero-order valence-corrected chi connectivity index (χ0v) is 15.9. The Kier molecular flexibility index (Phi) is 5.86. The molecule has 1 aliphatic rings. The SMILES string of the molecule is Cc1cc(C(=O)N2CCC(Cc3ccccc3)CC2)nc(NC(C)C)n1. The number of anilines is 1. The molecule has 0 unspecified atom stereocenters. The number of likely N-dealkylation sites (tertiary alicyclic amines) is 1. The van der Waals surface area contributed by atoms with E-state index in [1.165, 1.54) is 5.56 Å². The van der Waals surface area contributed by atoms with Gasteiger partial charge in [0.15, 0.2) is 0 Å². The minimum absolute atomic E-state index is 0.0143. The van der Waals surface area contributed by atoms with Crippen molar-refractivity contribution in [3.05, 3.63) is 53.3 Å². The van der Waals surface area contributed by atoms with Crippen LogP contribution in [0.5, 0.6) is 0 Å². The van der Waals surface area contributed by atoms with Gasteiger partial charge in [-0.15, -0.1) is 0 Å². The van der Waals surface area contributed by atoms with Crippen LogP contribution in [0.25, 0.3) is 0 Å². The highest BCUT2D eigenvalue weighted by Crippen LogP contribution is 2.23. The van der Waals surface area contributed by atoms with E-state index in [2.05, 4.69) is 45.6 Å². The summed E-state index contributed by atoms with van der Waals surface area (Å²) in [6.45, 7) is 7.56. The van der Waals surface area contributed by atoms with Gasteiger partial charge in [0, 0.05) is 24.8 Å². The van der Waals surface area contributed by atoms with Crippen molar-refractivity contribution in [2.75, 3.05) is 18.4 Å². The van der Waals surface area contributed by atoms with Crippen LogP contribution in [0.15, 0.2) is 36.4 Å². The van der Waals surface area contributed by atoms with Crippen LogP contribution in [0, 0.1) is 12.8 Å². The lowest BCUT2D eigenvalue weighted by Gasteiger charge is -2.32. The number of nitrogens with zero attached hydrogens (tertiary/aromatic N) is 3. The maximum Gasteiger partial charge on any atom is 0.272 e. The highest BCUT2D eigenvalue weighted by atomic mass is 16.2. The predicted octanol–water partition coefficient (Wildman–Crippen LogP) is 3.70. The number of hydrogen-bond acceptors (Lipinski definition) is 4. The van der Waals surface area contributed by atoms with Crippen LogP contribution >= 0.6 is 0 Å². The van der Waals surface area contributed by atoms with Gasteiger partial charge >= 0.3 is 0 Å². The molecule has 0 bridgehead atoms. The quantitative estimate of drug-likeness (QED) is 0.891. The van der Waals surface area contributed by atoms with Crippen LogP contribution in [-0.2, 0) is 6.42 Å². The Morgan fingerprint density at radius 1 is 1.19 bits per heavy atom. The molecule has 0 radical (unpaired) electrons. The molecule has 2 heterocycles. The van der Waals surface area contributed by atoms with E-state index in [0.717, 1.165) is 38.0 Å². The van der Waals surface area contributed by atoms with Crippen molar-refractivity contribution in [3.63, 3.8) is 0 Å². The summed E-state index contributed by atoms with van der Waals surface area (Å²) in [4.78, 5) is 23.6. The van der Waals surface area contributed by atoms with E-state index in [4.69, 9.17) is 0 Å². The molecular formula is C21H28N4O. The summed E-state index contributed by atoms with van der Waals surface area (Å²) in [6.07, 6.45) is 3.18. The minimum Gasteiger partial charge on any atom is -0.352 e. The maximum atomic E-state index is 12.9. The Morgan fingerprint density at radius 2 is 1.88 bits per heavy atom. The van der Waals surface area contributed by atoms with Crippen molar-refractivity contribution < 1.29 is 4.79 Å². The van der Waals surface area contributed by atoms with E-state index in [9.17, 15) is 4.79 Å². The first-order valence-electron chi connectivity index (χ1n) is 9.46. The second kappa shape index (κ2) is 8.30. The van der Waals surface area contributed by atoms with Crippen LogP contribution in [0.4, 0.5) is 5.95 Å². The monoisotopic (exact) mass is 352 g/mol. The molecule has 1 aromatic heterocycles. The summed E-state index contributed by atoms with van der Waals surface area (Å²) in [5.41, 5.74) is 2.68.